The van der Waals surface area contributed by atoms with Crippen LogP contribution in [0.1, 0.15) is 29.0 Å². The lowest BCUT2D eigenvalue weighted by Crippen LogP contribution is -2.04. The van der Waals surface area contributed by atoms with E-state index in [4.69, 9.17) is 4.98 Å². The zero-order valence-corrected chi connectivity index (χ0v) is 22.0. The number of imidazole rings is 2. The Morgan fingerprint density at radius 2 is 1.27 bits per heavy atom. The van der Waals surface area contributed by atoms with Gasteiger partial charge in [-0.25, -0.2) is 4.98 Å². The summed E-state index contributed by atoms with van der Waals surface area (Å²) in [7, 11) is 0. The number of hydrogen-bond donors (Lipinski definition) is 0. The molecule has 2 heterocycles. The van der Waals surface area contributed by atoms with Gasteiger partial charge in [-0.05, 0) is 70.7 Å². The molecule has 0 N–H and O–H groups in total. The van der Waals surface area contributed by atoms with Gasteiger partial charge < -0.3 is 0 Å². The van der Waals surface area contributed by atoms with Crippen LogP contribution < -0.4 is 0 Å². The summed E-state index contributed by atoms with van der Waals surface area (Å²) in [5.74, 6) is 1.25. The molecular weight excluding hydrogens is 486 g/mol. The third-order valence-corrected chi connectivity index (χ3v) is 8.07. The van der Waals surface area contributed by atoms with Gasteiger partial charge in [-0.3, -0.25) is 8.97 Å². The minimum absolute atomic E-state index is 0.316. The minimum atomic E-state index is 0.316. The maximum Gasteiger partial charge on any atom is 0.220 e. The van der Waals surface area contributed by atoms with Crippen LogP contribution in [0, 0.1) is 0 Å². The molecule has 1 unspecified atom stereocenters. The average molecular weight is 514 g/mol. The number of para-hydroxylation sites is 4. The highest BCUT2D eigenvalue weighted by atomic mass is 15.2. The van der Waals surface area contributed by atoms with E-state index in [0.717, 1.165) is 40.0 Å². The maximum atomic E-state index is 5.08. The third kappa shape index (κ3) is 3.70. The molecule has 1 atom stereocenters. The Hall–Kier alpha value is -5.15. The molecule has 0 amide bonds. The van der Waals surface area contributed by atoms with E-state index < -0.39 is 0 Å². The van der Waals surface area contributed by atoms with Crippen LogP contribution in [0.15, 0.2) is 146 Å². The Morgan fingerprint density at radius 3 is 2.10 bits per heavy atom. The van der Waals surface area contributed by atoms with E-state index in [-0.39, 0.29) is 0 Å². The molecule has 5 aromatic carbocycles. The predicted octanol–water partition coefficient (Wildman–Crippen LogP) is 9.09. The lowest BCUT2D eigenvalue weighted by atomic mass is 9.81. The molecule has 7 aromatic rings. The Bertz CT molecular complexity index is 2070. The normalized spacial score (nSPS) is 15.4. The highest BCUT2D eigenvalue weighted by molar-refractivity contribution is 5.92. The van der Waals surface area contributed by atoms with Crippen molar-refractivity contribution in [3.05, 3.63) is 162 Å². The monoisotopic (exact) mass is 513 g/mol. The van der Waals surface area contributed by atoms with Crippen LogP contribution in [-0.2, 0) is 0 Å². The number of aromatic nitrogens is 3. The molecule has 0 aliphatic heterocycles. The standard InChI is InChI=1S/C37H27N3/c1-3-12-26(13-4-1)29-22-30(27-14-5-2-6-15-27)24-31(23-29)28-16-11-17-32(25-28)39-35-20-9-10-21-36(35)40-34-19-8-7-18-33(34)38-37(39)40/h1-23,25,30H,24H2. The zero-order chi connectivity index (χ0) is 26.5. The molecular formula is C37H27N3. The SMILES string of the molecule is C1=C(c2ccccc2)C=C(c2cccc(-n3c4ccccc4n4c5ccccc5nc34)c2)CC1c1ccccc1. The number of benzene rings is 5. The fourth-order valence-electron chi connectivity index (χ4n) is 6.18. The van der Waals surface area contributed by atoms with Gasteiger partial charge in [0.25, 0.3) is 0 Å². The lowest BCUT2D eigenvalue weighted by molar-refractivity contribution is 0.870. The first kappa shape index (κ1) is 22.8. The van der Waals surface area contributed by atoms with Crippen LogP contribution in [0.3, 0.4) is 0 Å². The van der Waals surface area contributed by atoms with Gasteiger partial charge >= 0.3 is 0 Å². The Kier molecular flexibility index (Phi) is 5.27. The van der Waals surface area contributed by atoms with E-state index >= 15 is 0 Å². The molecule has 2 aromatic heterocycles. The first-order chi connectivity index (χ1) is 19.8. The molecule has 40 heavy (non-hydrogen) atoms. The van der Waals surface area contributed by atoms with Gasteiger partial charge in [0, 0.05) is 11.6 Å². The van der Waals surface area contributed by atoms with Crippen molar-refractivity contribution < 1.29 is 0 Å². The van der Waals surface area contributed by atoms with Gasteiger partial charge in [0.15, 0.2) is 0 Å². The van der Waals surface area contributed by atoms with Gasteiger partial charge in [0.2, 0.25) is 5.78 Å². The average Bonchev–Trinajstić information content (AvgIpc) is 3.56. The summed E-state index contributed by atoms with van der Waals surface area (Å²) in [6, 6.07) is 47.5. The smallest absolute Gasteiger partial charge is 0.220 e. The minimum Gasteiger partial charge on any atom is -0.278 e. The zero-order valence-electron chi connectivity index (χ0n) is 22.0. The van der Waals surface area contributed by atoms with E-state index in [0.29, 0.717) is 5.92 Å². The summed E-state index contributed by atoms with van der Waals surface area (Å²) in [6.07, 6.45) is 5.76. The highest BCUT2D eigenvalue weighted by Gasteiger charge is 2.21. The Balaban J connectivity index is 1.30. The quantitative estimate of drug-likeness (QED) is 0.230. The maximum absolute atomic E-state index is 5.08. The van der Waals surface area contributed by atoms with E-state index in [1.807, 2.05) is 0 Å². The van der Waals surface area contributed by atoms with Crippen LogP contribution in [0.5, 0.6) is 0 Å². The molecule has 0 fully saturated rings. The lowest BCUT2D eigenvalue weighted by Gasteiger charge is -2.23. The van der Waals surface area contributed by atoms with Crippen molar-refractivity contribution in [1.29, 1.82) is 0 Å². The number of nitrogens with zero attached hydrogens (tertiary/aromatic N) is 3. The summed E-state index contributed by atoms with van der Waals surface area (Å²) in [4.78, 5) is 5.08. The predicted molar refractivity (Wildman–Crippen MR) is 166 cm³/mol. The van der Waals surface area contributed by atoms with Crippen molar-refractivity contribution >= 4 is 39.0 Å². The second-order valence-electron chi connectivity index (χ2n) is 10.5. The van der Waals surface area contributed by atoms with Gasteiger partial charge in [0.05, 0.1) is 22.1 Å². The van der Waals surface area contributed by atoms with Crippen LogP contribution >= 0.6 is 0 Å². The van der Waals surface area contributed by atoms with E-state index in [2.05, 4.69) is 155 Å². The highest BCUT2D eigenvalue weighted by Crippen LogP contribution is 2.39. The summed E-state index contributed by atoms with van der Waals surface area (Å²) in [6.45, 7) is 0. The molecule has 3 heteroatoms. The van der Waals surface area contributed by atoms with E-state index in [1.54, 1.807) is 0 Å². The molecule has 190 valence electrons. The van der Waals surface area contributed by atoms with Crippen LogP contribution in [0.4, 0.5) is 0 Å². The van der Waals surface area contributed by atoms with Crippen molar-refractivity contribution in [1.82, 2.24) is 14.0 Å². The molecule has 0 radical (unpaired) electrons. The molecule has 3 nitrogen and oxygen atoms in total. The first-order valence-electron chi connectivity index (χ1n) is 13.8. The van der Waals surface area contributed by atoms with Crippen molar-refractivity contribution in [2.75, 3.05) is 0 Å². The van der Waals surface area contributed by atoms with Crippen molar-refractivity contribution in [3.63, 3.8) is 0 Å². The topological polar surface area (TPSA) is 22.2 Å². The number of allylic oxidation sites excluding steroid dienone is 4. The second-order valence-corrected chi connectivity index (χ2v) is 10.5. The number of hydrogen-bond acceptors (Lipinski definition) is 1. The van der Waals surface area contributed by atoms with Crippen molar-refractivity contribution in [3.8, 4) is 5.69 Å². The summed E-state index contributed by atoms with van der Waals surface area (Å²) < 4.78 is 4.57. The Morgan fingerprint density at radius 1 is 0.600 bits per heavy atom. The third-order valence-electron chi connectivity index (χ3n) is 8.07. The largest absolute Gasteiger partial charge is 0.278 e. The van der Waals surface area contributed by atoms with Gasteiger partial charge in [0.1, 0.15) is 0 Å². The fraction of sp³-hybridized carbons (Fsp3) is 0.0541. The first-order valence-corrected chi connectivity index (χ1v) is 13.8. The number of fused-ring (bicyclic) bond motifs is 5. The molecule has 1 aliphatic carbocycles. The van der Waals surface area contributed by atoms with E-state index in [1.165, 1.54) is 27.8 Å². The number of rotatable bonds is 4. The summed E-state index contributed by atoms with van der Waals surface area (Å²) >= 11 is 0. The van der Waals surface area contributed by atoms with Crippen molar-refractivity contribution in [2.45, 2.75) is 12.3 Å². The molecule has 0 spiro atoms. The van der Waals surface area contributed by atoms with E-state index in [9.17, 15) is 0 Å². The van der Waals surface area contributed by atoms with Crippen LogP contribution in [0.25, 0.3) is 44.7 Å². The summed E-state index contributed by atoms with van der Waals surface area (Å²) in [5, 5.41) is 0. The molecule has 1 aliphatic rings. The molecule has 8 rings (SSSR count). The second kappa shape index (κ2) is 9.25. The van der Waals surface area contributed by atoms with Crippen LogP contribution in [0.2, 0.25) is 0 Å². The van der Waals surface area contributed by atoms with Crippen molar-refractivity contribution in [2.24, 2.45) is 0 Å². The van der Waals surface area contributed by atoms with Gasteiger partial charge in [-0.1, -0.05) is 109 Å². The molecule has 0 saturated carbocycles. The van der Waals surface area contributed by atoms with Gasteiger partial charge in [-0.15, -0.1) is 0 Å². The van der Waals surface area contributed by atoms with Gasteiger partial charge in [-0.2, -0.15) is 0 Å². The molecule has 0 bridgehead atoms. The fourth-order valence-corrected chi connectivity index (χ4v) is 6.18. The molecule has 0 saturated heterocycles. The Labute approximate surface area is 233 Å². The summed E-state index contributed by atoms with van der Waals surface area (Å²) in [5.41, 5.74) is 12.0. The van der Waals surface area contributed by atoms with Crippen LogP contribution in [-0.4, -0.2) is 14.0 Å².